The summed E-state index contributed by atoms with van der Waals surface area (Å²) in [5, 5.41) is 0. The molecule has 0 saturated carbocycles. The summed E-state index contributed by atoms with van der Waals surface area (Å²) in [7, 11) is -1.70. The summed E-state index contributed by atoms with van der Waals surface area (Å²) in [6.45, 7) is 1.01. The van der Waals surface area contributed by atoms with Crippen molar-refractivity contribution >= 4 is 31.8 Å². The van der Waals surface area contributed by atoms with Gasteiger partial charge in [-0.15, -0.1) is 23.2 Å². The summed E-state index contributed by atoms with van der Waals surface area (Å²) in [4.78, 5) is 9.20. The highest BCUT2D eigenvalue weighted by Gasteiger charge is 2.05. The van der Waals surface area contributed by atoms with E-state index in [9.17, 15) is 4.89 Å². The molecule has 0 unspecified atom stereocenters. The highest BCUT2D eigenvalue weighted by molar-refractivity contribution is 7.40. The molecule has 0 fully saturated rings. The first-order chi connectivity index (χ1) is 6.81. The Bertz CT molecular complexity index is 107. The average Bonchev–Trinajstić information content (AvgIpc) is 2.19. The number of halogens is 2. The quantitative estimate of drug-likeness (QED) is 0.373. The van der Waals surface area contributed by atoms with Gasteiger partial charge in [-0.25, -0.2) is 0 Å². The van der Waals surface area contributed by atoms with E-state index in [1.807, 2.05) is 0 Å². The fraction of sp³-hybridized carbons (Fsp3) is 1.00. The lowest BCUT2D eigenvalue weighted by molar-refractivity contribution is 0.196. The van der Waals surface area contributed by atoms with Crippen LogP contribution in [0.3, 0.4) is 0 Å². The van der Waals surface area contributed by atoms with Gasteiger partial charge in [-0.2, -0.15) is 0 Å². The van der Waals surface area contributed by atoms with E-state index in [2.05, 4.69) is 0 Å². The van der Waals surface area contributed by atoms with Gasteiger partial charge < -0.3 is 13.9 Å². The number of alkyl halides is 2. The molecule has 6 heteroatoms. The third-order valence-electron chi connectivity index (χ3n) is 1.46. The zero-order valence-corrected chi connectivity index (χ0v) is 10.5. The molecule has 0 aliphatic heterocycles. The summed E-state index contributed by atoms with van der Waals surface area (Å²) >= 11 is 11.0. The van der Waals surface area contributed by atoms with Crippen molar-refractivity contribution in [2.75, 3.05) is 25.0 Å². The van der Waals surface area contributed by atoms with E-state index in [1.54, 1.807) is 0 Å². The monoisotopic (exact) mass is 262 g/mol. The Morgan fingerprint density at radius 2 is 1.29 bits per heavy atom. The molecule has 3 nitrogen and oxygen atoms in total. The van der Waals surface area contributed by atoms with E-state index in [-0.39, 0.29) is 0 Å². The first-order valence-corrected chi connectivity index (χ1v) is 6.88. The molecule has 14 heavy (non-hydrogen) atoms. The number of unbranched alkanes of at least 4 members (excludes halogenated alkanes) is 2. The van der Waals surface area contributed by atoms with Crippen LogP contribution in [0.4, 0.5) is 0 Å². The van der Waals surface area contributed by atoms with E-state index in [0.29, 0.717) is 25.0 Å². The highest BCUT2D eigenvalue weighted by atomic mass is 35.5. The van der Waals surface area contributed by atoms with Gasteiger partial charge >= 0.3 is 8.60 Å². The zero-order valence-electron chi connectivity index (χ0n) is 8.12. The van der Waals surface area contributed by atoms with Crippen molar-refractivity contribution in [3.63, 3.8) is 0 Å². The molecule has 0 amide bonds. The number of hydrogen-bond donors (Lipinski definition) is 1. The van der Waals surface area contributed by atoms with Crippen LogP contribution in [0.15, 0.2) is 0 Å². The molecule has 0 saturated heterocycles. The Balaban J connectivity index is 3.07. The Kier molecular flexibility index (Phi) is 12.7. The largest absolute Gasteiger partial charge is 0.329 e. The molecule has 0 bridgehead atoms. The first-order valence-electron chi connectivity index (χ1n) is 4.68. The SMILES string of the molecule is OP(OCCCCCl)OCCCCCl. The molecule has 0 aliphatic carbocycles. The van der Waals surface area contributed by atoms with Gasteiger partial charge in [-0.05, 0) is 25.7 Å². The molecule has 1 N–H and O–H groups in total. The van der Waals surface area contributed by atoms with Gasteiger partial charge in [-0.1, -0.05) is 0 Å². The number of hydrogen-bond acceptors (Lipinski definition) is 3. The van der Waals surface area contributed by atoms with Gasteiger partial charge in [0, 0.05) is 11.8 Å². The molecule has 86 valence electrons. The maximum Gasteiger partial charge on any atom is 0.329 e. The number of rotatable bonds is 10. The molecule has 0 aromatic carbocycles. The topological polar surface area (TPSA) is 38.7 Å². The van der Waals surface area contributed by atoms with Crippen LogP contribution in [0, 0.1) is 0 Å². The van der Waals surface area contributed by atoms with E-state index in [1.165, 1.54) is 0 Å². The standard InChI is InChI=1S/C8H17Cl2O3P/c9-5-1-3-7-12-14(11)13-8-4-2-6-10/h11H,1-8H2. The van der Waals surface area contributed by atoms with Gasteiger partial charge in [0.05, 0.1) is 13.2 Å². The first kappa shape index (κ1) is 14.9. The summed E-state index contributed by atoms with van der Waals surface area (Å²) in [5.74, 6) is 1.26. The lowest BCUT2D eigenvalue weighted by atomic mass is 10.4. The molecule has 0 aromatic rings. The minimum atomic E-state index is -1.70. The van der Waals surface area contributed by atoms with E-state index in [4.69, 9.17) is 32.2 Å². The van der Waals surface area contributed by atoms with Gasteiger partial charge in [0.1, 0.15) is 0 Å². The Morgan fingerprint density at radius 3 is 1.64 bits per heavy atom. The second-order valence-electron chi connectivity index (χ2n) is 2.70. The fourth-order valence-electron chi connectivity index (χ4n) is 0.716. The molecule has 0 heterocycles. The lowest BCUT2D eigenvalue weighted by Gasteiger charge is -2.09. The molecule has 0 radical (unpaired) electrons. The van der Waals surface area contributed by atoms with Crippen LogP contribution < -0.4 is 0 Å². The van der Waals surface area contributed by atoms with Crippen LogP contribution in [-0.4, -0.2) is 29.9 Å². The predicted molar refractivity (Wildman–Crippen MR) is 61.0 cm³/mol. The maximum atomic E-state index is 9.20. The third-order valence-corrected chi connectivity index (χ3v) is 2.80. The van der Waals surface area contributed by atoms with Gasteiger partial charge in [0.2, 0.25) is 0 Å². The normalized spacial score (nSPS) is 11.1. The predicted octanol–water partition coefficient (Wildman–Crippen LogP) is 3.28. The van der Waals surface area contributed by atoms with Crippen LogP contribution in [0.25, 0.3) is 0 Å². The molecular formula is C8H17Cl2O3P. The van der Waals surface area contributed by atoms with Crippen molar-refractivity contribution in [1.82, 2.24) is 0 Å². The Labute approximate surface area is 96.7 Å². The van der Waals surface area contributed by atoms with Crippen molar-refractivity contribution in [3.8, 4) is 0 Å². The van der Waals surface area contributed by atoms with Gasteiger partial charge in [0.25, 0.3) is 0 Å². The minimum absolute atomic E-state index is 0.504. The second-order valence-corrected chi connectivity index (χ2v) is 4.44. The summed E-state index contributed by atoms with van der Waals surface area (Å²) in [6, 6.07) is 0. The smallest absolute Gasteiger partial charge is 0.328 e. The van der Waals surface area contributed by atoms with E-state index in [0.717, 1.165) is 25.7 Å². The molecular weight excluding hydrogens is 246 g/mol. The van der Waals surface area contributed by atoms with Gasteiger partial charge in [-0.3, -0.25) is 0 Å². The maximum absolute atomic E-state index is 9.20. The summed E-state index contributed by atoms with van der Waals surface area (Å²) in [6.07, 6.45) is 3.51. The molecule has 0 rings (SSSR count). The fourth-order valence-corrected chi connectivity index (χ4v) is 1.74. The highest BCUT2D eigenvalue weighted by Crippen LogP contribution is 2.32. The van der Waals surface area contributed by atoms with E-state index >= 15 is 0 Å². The van der Waals surface area contributed by atoms with Crippen molar-refractivity contribution in [3.05, 3.63) is 0 Å². The molecule has 0 aliphatic rings. The van der Waals surface area contributed by atoms with Crippen molar-refractivity contribution < 1.29 is 13.9 Å². The van der Waals surface area contributed by atoms with Crippen LogP contribution in [0.1, 0.15) is 25.7 Å². The summed E-state index contributed by atoms with van der Waals surface area (Å²) in [5.41, 5.74) is 0. The lowest BCUT2D eigenvalue weighted by Crippen LogP contribution is -1.95. The average molecular weight is 263 g/mol. The Hall–Kier alpha value is 0.890. The third kappa shape index (κ3) is 11.0. The van der Waals surface area contributed by atoms with Gasteiger partial charge in [0.15, 0.2) is 0 Å². The molecule has 0 atom stereocenters. The van der Waals surface area contributed by atoms with Crippen molar-refractivity contribution in [2.24, 2.45) is 0 Å². The summed E-state index contributed by atoms with van der Waals surface area (Å²) < 4.78 is 10.1. The van der Waals surface area contributed by atoms with Crippen LogP contribution in [-0.2, 0) is 9.05 Å². The van der Waals surface area contributed by atoms with Crippen LogP contribution in [0.5, 0.6) is 0 Å². The van der Waals surface area contributed by atoms with E-state index < -0.39 is 8.60 Å². The van der Waals surface area contributed by atoms with Crippen LogP contribution >= 0.6 is 31.8 Å². The van der Waals surface area contributed by atoms with Crippen LogP contribution in [0.2, 0.25) is 0 Å². The Morgan fingerprint density at radius 1 is 0.857 bits per heavy atom. The van der Waals surface area contributed by atoms with Crippen molar-refractivity contribution in [1.29, 1.82) is 0 Å². The zero-order chi connectivity index (χ0) is 10.6. The second kappa shape index (κ2) is 12.0. The van der Waals surface area contributed by atoms with Crippen molar-refractivity contribution in [2.45, 2.75) is 25.7 Å². The molecule has 0 aromatic heterocycles. The minimum Gasteiger partial charge on any atom is -0.328 e. The molecule has 0 spiro atoms.